The average Bonchev–Trinajstić information content (AvgIpc) is 3.32. The molecule has 1 fully saturated rings. The molecule has 4 aliphatic rings. The van der Waals surface area contributed by atoms with Crippen LogP contribution in [0.3, 0.4) is 0 Å². The number of aliphatic hydroxyl groups excluding tert-OH is 1. The Kier molecular flexibility index (Phi) is 3.60. The summed E-state index contributed by atoms with van der Waals surface area (Å²) in [4.78, 5) is 14.1. The standard InChI is InChI=1S/C22H24O7/c1-10-6-11-7-13(25-3)17(26-4)20(24)22(11)15-12(19(23)21(10,22)2)8-14-16(18(15)27-5)29-9-28-14/h7-8,10,19,23H,6,9H2,1-5H3/t10-,19+,21-,22?/m1/s1. The van der Waals surface area contributed by atoms with Crippen LogP contribution < -0.4 is 14.2 Å². The molecule has 0 radical (unpaired) electrons. The predicted molar refractivity (Wildman–Crippen MR) is 102 cm³/mol. The summed E-state index contributed by atoms with van der Waals surface area (Å²) in [6.45, 7) is 4.10. The Bertz CT molecular complexity index is 1010. The van der Waals surface area contributed by atoms with Gasteiger partial charge in [-0.2, -0.15) is 0 Å². The lowest BCUT2D eigenvalue weighted by Gasteiger charge is -2.43. The molecule has 1 saturated carbocycles. The Hall–Kier alpha value is -2.67. The van der Waals surface area contributed by atoms with Gasteiger partial charge in [0, 0.05) is 11.0 Å². The fraction of sp³-hybridized carbons (Fsp3) is 0.500. The zero-order chi connectivity index (χ0) is 20.7. The number of ketones is 1. The minimum atomic E-state index is -1.12. The fourth-order valence-electron chi connectivity index (χ4n) is 5.99. The molecule has 1 N–H and O–H groups in total. The maximum atomic E-state index is 14.1. The van der Waals surface area contributed by atoms with E-state index in [1.165, 1.54) is 14.2 Å². The van der Waals surface area contributed by atoms with E-state index in [2.05, 4.69) is 6.92 Å². The molecule has 1 heterocycles. The highest BCUT2D eigenvalue weighted by molar-refractivity contribution is 6.10. The largest absolute Gasteiger partial charge is 0.493 e. The molecule has 5 rings (SSSR count). The molecule has 7 heteroatoms. The molecule has 1 unspecified atom stereocenters. The molecule has 1 aromatic rings. The minimum Gasteiger partial charge on any atom is -0.493 e. The van der Waals surface area contributed by atoms with Crippen LogP contribution in [0.4, 0.5) is 0 Å². The highest BCUT2D eigenvalue weighted by Crippen LogP contribution is 2.74. The van der Waals surface area contributed by atoms with Crippen molar-refractivity contribution in [1.29, 1.82) is 0 Å². The zero-order valence-electron chi connectivity index (χ0n) is 17.1. The molecule has 1 aromatic carbocycles. The van der Waals surface area contributed by atoms with E-state index in [1.54, 1.807) is 13.2 Å². The second-order valence-electron chi connectivity index (χ2n) is 8.25. The Labute approximate surface area is 168 Å². The van der Waals surface area contributed by atoms with E-state index in [0.717, 1.165) is 5.57 Å². The first-order chi connectivity index (χ1) is 13.9. The Morgan fingerprint density at radius 2 is 1.93 bits per heavy atom. The summed E-state index contributed by atoms with van der Waals surface area (Å²) in [6, 6.07) is 1.78. The molecule has 0 saturated heterocycles. The topological polar surface area (TPSA) is 83.5 Å². The first-order valence-corrected chi connectivity index (χ1v) is 9.64. The number of ether oxygens (including phenoxy) is 5. The van der Waals surface area contributed by atoms with Crippen molar-refractivity contribution in [3.63, 3.8) is 0 Å². The SMILES string of the molecule is COC1=C(OC)C(=O)C23C(=C1)C[C@@H](C)[C@]2(C)[C@@H](O)c1cc2c(c(OC)c13)OCO2. The highest BCUT2D eigenvalue weighted by atomic mass is 16.7. The van der Waals surface area contributed by atoms with E-state index in [9.17, 15) is 9.90 Å². The molecule has 154 valence electrons. The van der Waals surface area contributed by atoms with Gasteiger partial charge in [-0.05, 0) is 35.6 Å². The van der Waals surface area contributed by atoms with Gasteiger partial charge in [0.15, 0.2) is 17.3 Å². The molecule has 29 heavy (non-hydrogen) atoms. The first kappa shape index (κ1) is 18.4. The molecule has 0 aromatic heterocycles. The number of rotatable bonds is 3. The maximum absolute atomic E-state index is 14.1. The monoisotopic (exact) mass is 400 g/mol. The van der Waals surface area contributed by atoms with Crippen molar-refractivity contribution in [1.82, 2.24) is 0 Å². The number of methoxy groups -OCH3 is 3. The molecular formula is C22H24O7. The van der Waals surface area contributed by atoms with Crippen molar-refractivity contribution >= 4 is 5.78 Å². The van der Waals surface area contributed by atoms with Crippen molar-refractivity contribution in [2.75, 3.05) is 28.1 Å². The summed E-state index contributed by atoms with van der Waals surface area (Å²) in [7, 11) is 4.52. The van der Waals surface area contributed by atoms with Gasteiger partial charge < -0.3 is 28.8 Å². The normalized spacial score (nSPS) is 33.9. The summed E-state index contributed by atoms with van der Waals surface area (Å²) in [5, 5.41) is 11.5. The predicted octanol–water partition coefficient (Wildman–Crippen LogP) is 2.77. The Morgan fingerprint density at radius 1 is 1.17 bits per heavy atom. The molecular weight excluding hydrogens is 376 g/mol. The third kappa shape index (κ3) is 1.77. The van der Waals surface area contributed by atoms with E-state index in [-0.39, 0.29) is 24.3 Å². The number of allylic oxidation sites excluding steroid dienone is 3. The number of hydrogen-bond acceptors (Lipinski definition) is 7. The van der Waals surface area contributed by atoms with E-state index in [1.807, 2.05) is 13.0 Å². The third-order valence-electron chi connectivity index (χ3n) is 7.43. The molecule has 4 atom stereocenters. The van der Waals surface area contributed by atoms with Gasteiger partial charge in [-0.1, -0.05) is 13.8 Å². The van der Waals surface area contributed by atoms with Crippen LogP contribution in [0.2, 0.25) is 0 Å². The lowest BCUT2D eigenvalue weighted by atomic mass is 9.58. The van der Waals surface area contributed by atoms with Crippen LogP contribution in [-0.2, 0) is 19.7 Å². The Morgan fingerprint density at radius 3 is 2.59 bits per heavy atom. The van der Waals surface area contributed by atoms with E-state index in [0.29, 0.717) is 40.6 Å². The number of Topliss-reactive ketones (excluding diaryl/α,β-unsaturated/α-hetero) is 1. The van der Waals surface area contributed by atoms with Crippen molar-refractivity contribution in [3.05, 3.63) is 40.4 Å². The number of carbonyl (C=O) groups is 1. The van der Waals surface area contributed by atoms with E-state index < -0.39 is 16.9 Å². The number of carbonyl (C=O) groups excluding carboxylic acids is 1. The molecule has 1 aliphatic heterocycles. The van der Waals surface area contributed by atoms with Gasteiger partial charge in [-0.25, -0.2) is 0 Å². The average molecular weight is 400 g/mol. The van der Waals surface area contributed by atoms with Crippen molar-refractivity contribution < 1.29 is 33.6 Å². The van der Waals surface area contributed by atoms with Gasteiger partial charge in [-0.3, -0.25) is 4.79 Å². The minimum absolute atomic E-state index is 0.0239. The van der Waals surface area contributed by atoms with Gasteiger partial charge in [0.25, 0.3) is 0 Å². The fourth-order valence-corrected chi connectivity index (χ4v) is 5.99. The second kappa shape index (κ2) is 5.69. The van der Waals surface area contributed by atoms with E-state index in [4.69, 9.17) is 23.7 Å². The van der Waals surface area contributed by atoms with Crippen LogP contribution >= 0.6 is 0 Å². The first-order valence-electron chi connectivity index (χ1n) is 9.64. The number of benzene rings is 1. The lowest BCUT2D eigenvalue weighted by Crippen LogP contribution is -2.50. The summed E-state index contributed by atoms with van der Waals surface area (Å²) in [6.07, 6.45) is 1.65. The van der Waals surface area contributed by atoms with E-state index >= 15 is 0 Å². The van der Waals surface area contributed by atoms with Crippen LogP contribution in [0.25, 0.3) is 0 Å². The molecule has 0 bridgehead atoms. The van der Waals surface area contributed by atoms with Crippen LogP contribution in [0.5, 0.6) is 17.2 Å². The lowest BCUT2D eigenvalue weighted by molar-refractivity contribution is -0.130. The highest BCUT2D eigenvalue weighted by Gasteiger charge is 2.74. The van der Waals surface area contributed by atoms with Crippen molar-refractivity contribution in [3.8, 4) is 17.2 Å². The van der Waals surface area contributed by atoms with Crippen molar-refractivity contribution in [2.24, 2.45) is 11.3 Å². The van der Waals surface area contributed by atoms with Gasteiger partial charge in [0.05, 0.1) is 32.8 Å². The second-order valence-corrected chi connectivity index (χ2v) is 8.25. The van der Waals surface area contributed by atoms with Gasteiger partial charge in [0.1, 0.15) is 0 Å². The summed E-state index contributed by atoms with van der Waals surface area (Å²) in [5.74, 6) is 1.76. The molecule has 0 amide bonds. The van der Waals surface area contributed by atoms with Gasteiger partial charge >= 0.3 is 0 Å². The number of aliphatic hydroxyl groups is 1. The van der Waals surface area contributed by atoms with Crippen molar-refractivity contribution in [2.45, 2.75) is 31.8 Å². The Balaban J connectivity index is 1.91. The molecule has 3 aliphatic carbocycles. The van der Waals surface area contributed by atoms with Crippen LogP contribution in [0, 0.1) is 11.3 Å². The molecule has 1 spiro atoms. The summed E-state index contributed by atoms with van der Waals surface area (Å²) >= 11 is 0. The summed E-state index contributed by atoms with van der Waals surface area (Å²) < 4.78 is 28.0. The zero-order valence-corrected chi connectivity index (χ0v) is 17.1. The van der Waals surface area contributed by atoms with Gasteiger partial charge in [0.2, 0.25) is 24.1 Å². The number of hydrogen-bond donors (Lipinski definition) is 1. The molecule has 7 nitrogen and oxygen atoms in total. The van der Waals surface area contributed by atoms with Crippen LogP contribution in [0.15, 0.2) is 29.2 Å². The smallest absolute Gasteiger partial charge is 0.231 e. The maximum Gasteiger partial charge on any atom is 0.231 e. The summed E-state index contributed by atoms with van der Waals surface area (Å²) in [5.41, 5.74) is 0.259. The number of fused-ring (bicyclic) bond motifs is 2. The quantitative estimate of drug-likeness (QED) is 0.835. The van der Waals surface area contributed by atoms with Crippen LogP contribution in [-0.4, -0.2) is 39.0 Å². The van der Waals surface area contributed by atoms with Crippen LogP contribution in [0.1, 0.15) is 37.5 Å². The van der Waals surface area contributed by atoms with Gasteiger partial charge in [-0.15, -0.1) is 0 Å². The third-order valence-corrected chi connectivity index (χ3v) is 7.43.